The molecule has 2 rings (SSSR count). The van der Waals surface area contributed by atoms with Crippen LogP contribution < -0.4 is 0 Å². The molecular weight excluding hydrogens is 289 g/mol. The van der Waals surface area contributed by atoms with Gasteiger partial charge in [0.1, 0.15) is 6.07 Å². The van der Waals surface area contributed by atoms with Gasteiger partial charge in [-0.15, -0.1) is 0 Å². The van der Waals surface area contributed by atoms with Crippen LogP contribution in [-0.4, -0.2) is 6.10 Å². The van der Waals surface area contributed by atoms with Gasteiger partial charge >= 0.3 is 0 Å². The van der Waals surface area contributed by atoms with E-state index < -0.39 is 5.83 Å². The van der Waals surface area contributed by atoms with Crippen molar-refractivity contribution in [3.63, 3.8) is 0 Å². The smallest absolute Gasteiger partial charge is 0.196 e. The van der Waals surface area contributed by atoms with Crippen LogP contribution in [0.25, 0.3) is 0 Å². The highest BCUT2D eigenvalue weighted by molar-refractivity contribution is 5.22. The van der Waals surface area contributed by atoms with Crippen LogP contribution in [-0.2, 0) is 17.8 Å². The minimum Gasteiger partial charge on any atom is -0.374 e. The van der Waals surface area contributed by atoms with Crippen LogP contribution in [0.15, 0.2) is 36.2 Å². The molecule has 1 aromatic rings. The maximum atomic E-state index is 13.0. The van der Waals surface area contributed by atoms with Crippen molar-refractivity contribution in [1.29, 1.82) is 5.26 Å². The lowest BCUT2D eigenvalue weighted by atomic mass is 9.87. The Morgan fingerprint density at radius 1 is 1.22 bits per heavy atom. The van der Waals surface area contributed by atoms with Gasteiger partial charge in [-0.2, -0.15) is 9.65 Å². The van der Waals surface area contributed by atoms with Crippen molar-refractivity contribution in [3.05, 3.63) is 47.3 Å². The summed E-state index contributed by atoms with van der Waals surface area (Å²) in [5.74, 6) is -0.468. The minimum absolute atomic E-state index is 0.187. The van der Waals surface area contributed by atoms with Crippen LogP contribution in [0.4, 0.5) is 4.39 Å². The predicted octanol–water partition coefficient (Wildman–Crippen LogP) is 5.48. The van der Waals surface area contributed by atoms with Gasteiger partial charge in [0.15, 0.2) is 5.83 Å². The Hall–Kier alpha value is -1.66. The summed E-state index contributed by atoms with van der Waals surface area (Å²) in [7, 11) is 0. The second-order valence-corrected chi connectivity index (χ2v) is 6.39. The zero-order chi connectivity index (χ0) is 16.5. The molecule has 0 amide bonds. The lowest BCUT2D eigenvalue weighted by Gasteiger charge is -2.26. The van der Waals surface area contributed by atoms with Crippen LogP contribution in [0.3, 0.4) is 0 Å². The van der Waals surface area contributed by atoms with E-state index in [0.29, 0.717) is 6.61 Å². The van der Waals surface area contributed by atoms with E-state index in [-0.39, 0.29) is 12.0 Å². The Kier molecular flexibility index (Phi) is 7.29. The van der Waals surface area contributed by atoms with E-state index in [2.05, 4.69) is 31.2 Å². The fourth-order valence-corrected chi connectivity index (χ4v) is 3.06. The third-order valence-electron chi connectivity index (χ3n) is 4.54. The van der Waals surface area contributed by atoms with Gasteiger partial charge in [-0.3, -0.25) is 0 Å². The molecule has 0 aliphatic heterocycles. The van der Waals surface area contributed by atoms with E-state index in [1.807, 2.05) is 0 Å². The van der Waals surface area contributed by atoms with Crippen molar-refractivity contribution >= 4 is 0 Å². The Bertz CT molecular complexity index is 536. The van der Waals surface area contributed by atoms with Gasteiger partial charge < -0.3 is 4.74 Å². The average Bonchev–Trinajstić information content (AvgIpc) is 2.60. The molecule has 0 unspecified atom stereocenters. The number of hydrogen-bond acceptors (Lipinski definition) is 2. The summed E-state index contributed by atoms with van der Waals surface area (Å²) in [5, 5.41) is 8.48. The molecule has 1 fully saturated rings. The fraction of sp³-hybridized carbons (Fsp3) is 0.550. The van der Waals surface area contributed by atoms with Gasteiger partial charge in [-0.25, -0.2) is 0 Å². The summed E-state index contributed by atoms with van der Waals surface area (Å²) in [5.41, 5.74) is 2.60. The summed E-state index contributed by atoms with van der Waals surface area (Å²) >= 11 is 0. The molecule has 0 saturated heterocycles. The fourth-order valence-electron chi connectivity index (χ4n) is 3.06. The topological polar surface area (TPSA) is 33.0 Å². The molecule has 1 aliphatic rings. The summed E-state index contributed by atoms with van der Waals surface area (Å²) in [4.78, 5) is 0. The first kappa shape index (κ1) is 17.7. The summed E-state index contributed by atoms with van der Waals surface area (Å²) in [6.45, 7) is 2.85. The molecule has 2 nitrogen and oxygen atoms in total. The largest absolute Gasteiger partial charge is 0.374 e. The van der Waals surface area contributed by atoms with Crippen LogP contribution in [0.2, 0.25) is 0 Å². The van der Waals surface area contributed by atoms with Crippen molar-refractivity contribution in [3.8, 4) is 6.07 Å². The highest BCUT2D eigenvalue weighted by Crippen LogP contribution is 2.28. The standard InChI is InChI=1S/C20H26FNO/c1-2-3-4-16-5-7-18(8-6-16)15-23-20-11-9-17(10-12-20)13-19(21)14-22/h5-8,13,17,20H,2-4,9-12,15H2,1H3. The quantitative estimate of drug-likeness (QED) is 0.624. The maximum Gasteiger partial charge on any atom is 0.196 e. The molecular formula is C20H26FNO. The molecule has 0 aromatic heterocycles. The molecule has 23 heavy (non-hydrogen) atoms. The first-order valence-electron chi connectivity index (χ1n) is 8.68. The molecule has 0 radical (unpaired) electrons. The number of aryl methyl sites for hydroxylation is 1. The summed E-state index contributed by atoms with van der Waals surface area (Å²) < 4.78 is 19.0. The Morgan fingerprint density at radius 2 is 1.87 bits per heavy atom. The van der Waals surface area contributed by atoms with Gasteiger partial charge in [-0.05, 0) is 61.6 Å². The van der Waals surface area contributed by atoms with Crippen LogP contribution in [0, 0.1) is 17.2 Å². The summed E-state index contributed by atoms with van der Waals surface area (Å²) in [6, 6.07) is 10.2. The second kappa shape index (κ2) is 9.47. The number of nitrogens with zero attached hydrogens (tertiary/aromatic N) is 1. The minimum atomic E-state index is -0.655. The van der Waals surface area contributed by atoms with Crippen molar-refractivity contribution in [2.24, 2.45) is 5.92 Å². The van der Waals surface area contributed by atoms with Crippen molar-refractivity contribution in [1.82, 2.24) is 0 Å². The predicted molar refractivity (Wildman–Crippen MR) is 90.4 cm³/mol. The normalized spacial score (nSPS) is 21.9. The van der Waals surface area contributed by atoms with Crippen LogP contribution in [0.1, 0.15) is 56.6 Å². The molecule has 0 atom stereocenters. The molecule has 0 bridgehead atoms. The van der Waals surface area contributed by atoms with Crippen LogP contribution in [0.5, 0.6) is 0 Å². The molecule has 1 aromatic carbocycles. The lowest BCUT2D eigenvalue weighted by Crippen LogP contribution is -2.20. The van der Waals surface area contributed by atoms with Crippen molar-refractivity contribution < 1.29 is 9.13 Å². The number of hydrogen-bond donors (Lipinski definition) is 0. The van der Waals surface area contributed by atoms with Crippen LogP contribution >= 0.6 is 0 Å². The second-order valence-electron chi connectivity index (χ2n) is 6.39. The molecule has 0 N–H and O–H groups in total. The molecule has 0 spiro atoms. The van der Waals surface area contributed by atoms with Crippen molar-refractivity contribution in [2.45, 2.75) is 64.6 Å². The number of ether oxygens (including phenoxy) is 1. The third kappa shape index (κ3) is 6.15. The number of rotatable bonds is 7. The van der Waals surface area contributed by atoms with E-state index in [0.717, 1.165) is 32.1 Å². The zero-order valence-corrected chi connectivity index (χ0v) is 13.9. The molecule has 3 heteroatoms. The van der Waals surface area contributed by atoms with Gasteiger partial charge in [-0.1, -0.05) is 37.6 Å². The van der Waals surface area contributed by atoms with Gasteiger partial charge in [0.25, 0.3) is 0 Å². The van der Waals surface area contributed by atoms with Gasteiger partial charge in [0.2, 0.25) is 0 Å². The number of unbranched alkanes of at least 4 members (excludes halogenated alkanes) is 1. The third-order valence-corrected chi connectivity index (χ3v) is 4.54. The molecule has 1 aliphatic carbocycles. The van der Waals surface area contributed by atoms with E-state index in [1.165, 1.54) is 30.0 Å². The van der Waals surface area contributed by atoms with E-state index in [9.17, 15) is 4.39 Å². The SMILES string of the molecule is CCCCc1ccc(COC2CCC(C=C(F)C#N)CC2)cc1. The Labute approximate surface area is 139 Å². The number of allylic oxidation sites excluding steroid dienone is 2. The number of halogens is 1. The lowest BCUT2D eigenvalue weighted by molar-refractivity contribution is 0.0109. The Balaban J connectivity index is 1.72. The first-order valence-corrected chi connectivity index (χ1v) is 8.68. The molecule has 1 saturated carbocycles. The number of benzene rings is 1. The first-order chi connectivity index (χ1) is 11.2. The van der Waals surface area contributed by atoms with E-state index in [1.54, 1.807) is 6.07 Å². The molecule has 0 heterocycles. The monoisotopic (exact) mass is 315 g/mol. The summed E-state index contributed by atoms with van der Waals surface area (Å²) in [6.07, 6.45) is 9.00. The highest BCUT2D eigenvalue weighted by Gasteiger charge is 2.20. The Morgan fingerprint density at radius 3 is 2.48 bits per heavy atom. The van der Waals surface area contributed by atoms with Gasteiger partial charge in [0.05, 0.1) is 12.7 Å². The molecule has 124 valence electrons. The van der Waals surface area contributed by atoms with E-state index in [4.69, 9.17) is 10.00 Å². The maximum absolute atomic E-state index is 13.0. The average molecular weight is 315 g/mol. The highest BCUT2D eigenvalue weighted by atomic mass is 19.1. The van der Waals surface area contributed by atoms with E-state index >= 15 is 0 Å². The van der Waals surface area contributed by atoms with Gasteiger partial charge in [0, 0.05) is 0 Å². The zero-order valence-electron chi connectivity index (χ0n) is 13.9. The number of nitriles is 1. The van der Waals surface area contributed by atoms with Crippen molar-refractivity contribution in [2.75, 3.05) is 0 Å².